The van der Waals surface area contributed by atoms with Gasteiger partial charge in [0.25, 0.3) is 0 Å². The Labute approximate surface area is 161 Å². The SMILES string of the molecule is CCOC(=O)Nc1nc2ccccc2n1C(=N)Oc1cccc2ccccc12. The minimum absolute atomic E-state index is 0.157. The molecule has 4 rings (SSSR count). The van der Waals surface area contributed by atoms with E-state index >= 15 is 0 Å². The molecule has 0 spiro atoms. The number of hydrogen-bond donors (Lipinski definition) is 2. The average molecular weight is 374 g/mol. The molecule has 4 aromatic rings. The van der Waals surface area contributed by atoms with Crippen molar-refractivity contribution in [2.75, 3.05) is 11.9 Å². The summed E-state index contributed by atoms with van der Waals surface area (Å²) < 4.78 is 12.3. The lowest BCUT2D eigenvalue weighted by Crippen LogP contribution is -2.23. The smallest absolute Gasteiger partial charge is 0.413 e. The lowest BCUT2D eigenvalue weighted by molar-refractivity contribution is 0.167. The van der Waals surface area contributed by atoms with Gasteiger partial charge in [0.2, 0.25) is 5.95 Å². The summed E-state index contributed by atoms with van der Waals surface area (Å²) >= 11 is 0. The monoisotopic (exact) mass is 374 g/mol. The third kappa shape index (κ3) is 3.25. The molecule has 7 nitrogen and oxygen atoms in total. The number of nitrogens with zero attached hydrogens (tertiary/aromatic N) is 2. The van der Waals surface area contributed by atoms with Gasteiger partial charge in [-0.1, -0.05) is 48.5 Å². The highest BCUT2D eigenvalue weighted by atomic mass is 16.5. The van der Waals surface area contributed by atoms with Crippen molar-refractivity contribution in [2.45, 2.75) is 6.92 Å². The van der Waals surface area contributed by atoms with Crippen molar-refractivity contribution in [3.63, 3.8) is 0 Å². The molecule has 0 unspecified atom stereocenters. The second-order valence-corrected chi connectivity index (χ2v) is 5.99. The summed E-state index contributed by atoms with van der Waals surface area (Å²) in [6, 6.07) is 20.5. The zero-order valence-electron chi connectivity index (χ0n) is 15.2. The van der Waals surface area contributed by atoms with Crippen molar-refractivity contribution in [1.29, 1.82) is 5.41 Å². The first-order chi connectivity index (χ1) is 13.7. The topological polar surface area (TPSA) is 89.2 Å². The van der Waals surface area contributed by atoms with Crippen LogP contribution in [0.3, 0.4) is 0 Å². The molecule has 0 aliphatic heterocycles. The van der Waals surface area contributed by atoms with Gasteiger partial charge in [-0.3, -0.25) is 10.7 Å². The highest BCUT2D eigenvalue weighted by molar-refractivity contribution is 5.97. The van der Waals surface area contributed by atoms with E-state index in [-0.39, 0.29) is 18.6 Å². The zero-order chi connectivity index (χ0) is 19.5. The van der Waals surface area contributed by atoms with Crippen LogP contribution in [-0.4, -0.2) is 28.3 Å². The predicted molar refractivity (Wildman–Crippen MR) is 108 cm³/mol. The molecule has 7 heteroatoms. The maximum Gasteiger partial charge on any atom is 0.413 e. The van der Waals surface area contributed by atoms with Gasteiger partial charge in [0, 0.05) is 5.39 Å². The van der Waals surface area contributed by atoms with Crippen LogP contribution in [0.25, 0.3) is 21.8 Å². The van der Waals surface area contributed by atoms with Crippen molar-refractivity contribution in [3.8, 4) is 5.75 Å². The number of aromatic nitrogens is 2. The number of rotatable bonds is 3. The van der Waals surface area contributed by atoms with Crippen molar-refractivity contribution >= 4 is 39.9 Å². The van der Waals surface area contributed by atoms with E-state index in [2.05, 4.69) is 10.3 Å². The van der Waals surface area contributed by atoms with Gasteiger partial charge in [-0.15, -0.1) is 0 Å². The minimum atomic E-state index is -0.642. The largest absolute Gasteiger partial charge is 0.450 e. The van der Waals surface area contributed by atoms with E-state index in [4.69, 9.17) is 14.9 Å². The summed E-state index contributed by atoms with van der Waals surface area (Å²) in [6.07, 6.45) is -0.642. The van der Waals surface area contributed by atoms with E-state index in [0.29, 0.717) is 16.8 Å². The molecule has 0 aliphatic rings. The van der Waals surface area contributed by atoms with Crippen LogP contribution in [0.4, 0.5) is 10.7 Å². The van der Waals surface area contributed by atoms with Crippen LogP contribution < -0.4 is 10.1 Å². The highest BCUT2D eigenvalue weighted by Crippen LogP contribution is 2.27. The molecular formula is C21H18N4O3. The van der Waals surface area contributed by atoms with Gasteiger partial charge >= 0.3 is 12.1 Å². The summed E-state index contributed by atoms with van der Waals surface area (Å²) in [4.78, 5) is 16.3. The number of hydrogen-bond acceptors (Lipinski definition) is 5. The van der Waals surface area contributed by atoms with Crippen LogP contribution in [0.1, 0.15) is 6.92 Å². The molecule has 140 valence electrons. The Morgan fingerprint density at radius 3 is 2.68 bits per heavy atom. The van der Waals surface area contributed by atoms with Crippen LogP contribution >= 0.6 is 0 Å². The molecule has 0 atom stereocenters. The number of amides is 1. The Hall–Kier alpha value is -3.87. The molecule has 28 heavy (non-hydrogen) atoms. The number of para-hydroxylation sites is 2. The second kappa shape index (κ2) is 7.40. The Balaban J connectivity index is 1.74. The van der Waals surface area contributed by atoms with Gasteiger partial charge in [-0.25, -0.2) is 14.3 Å². The van der Waals surface area contributed by atoms with Crippen LogP contribution in [0, 0.1) is 5.41 Å². The van der Waals surface area contributed by atoms with Gasteiger partial charge in [-0.05, 0) is 30.5 Å². The molecule has 0 fully saturated rings. The van der Waals surface area contributed by atoms with Crippen LogP contribution in [0.2, 0.25) is 0 Å². The Morgan fingerprint density at radius 1 is 1.07 bits per heavy atom. The number of anilines is 1. The molecule has 1 aromatic heterocycles. The molecule has 1 amide bonds. The van der Waals surface area contributed by atoms with Gasteiger partial charge in [0.15, 0.2) is 0 Å². The first-order valence-corrected chi connectivity index (χ1v) is 8.83. The number of carbonyl (C=O) groups is 1. The summed E-state index contributed by atoms with van der Waals surface area (Å²) in [5.41, 5.74) is 1.26. The Morgan fingerprint density at radius 2 is 1.82 bits per heavy atom. The first-order valence-electron chi connectivity index (χ1n) is 8.83. The lowest BCUT2D eigenvalue weighted by atomic mass is 10.1. The van der Waals surface area contributed by atoms with E-state index in [9.17, 15) is 4.79 Å². The molecule has 1 heterocycles. The maximum absolute atomic E-state index is 11.9. The first kappa shape index (κ1) is 17.5. The van der Waals surface area contributed by atoms with Crippen LogP contribution in [0.5, 0.6) is 5.75 Å². The van der Waals surface area contributed by atoms with E-state index in [1.54, 1.807) is 25.1 Å². The van der Waals surface area contributed by atoms with Gasteiger partial charge in [-0.2, -0.15) is 0 Å². The molecular weight excluding hydrogens is 356 g/mol. The zero-order valence-corrected chi connectivity index (χ0v) is 15.2. The van der Waals surface area contributed by atoms with Gasteiger partial charge in [0.1, 0.15) is 5.75 Å². The number of carbonyl (C=O) groups excluding carboxylic acids is 1. The predicted octanol–water partition coefficient (Wildman–Crippen LogP) is 4.62. The number of imidazole rings is 1. The summed E-state index contributed by atoms with van der Waals surface area (Å²) in [5, 5.41) is 13.0. The normalized spacial score (nSPS) is 10.8. The van der Waals surface area contributed by atoms with Crippen molar-refractivity contribution in [2.24, 2.45) is 0 Å². The van der Waals surface area contributed by atoms with E-state index < -0.39 is 6.09 Å². The number of nitrogens with one attached hydrogen (secondary N) is 2. The third-order valence-electron chi connectivity index (χ3n) is 4.21. The van der Waals surface area contributed by atoms with Gasteiger partial charge in [0.05, 0.1) is 17.6 Å². The Bertz CT molecular complexity index is 1180. The number of ether oxygens (including phenoxy) is 2. The molecule has 3 aromatic carbocycles. The fourth-order valence-corrected chi connectivity index (χ4v) is 3.01. The summed E-state index contributed by atoms with van der Waals surface area (Å²) in [6.45, 7) is 1.95. The second-order valence-electron chi connectivity index (χ2n) is 5.99. The van der Waals surface area contributed by atoms with Crippen LogP contribution in [0.15, 0.2) is 66.7 Å². The maximum atomic E-state index is 11.9. The Kier molecular flexibility index (Phi) is 4.63. The van der Waals surface area contributed by atoms with Crippen molar-refractivity contribution < 1.29 is 14.3 Å². The van der Waals surface area contributed by atoms with Gasteiger partial charge < -0.3 is 9.47 Å². The number of fused-ring (bicyclic) bond motifs is 2. The molecule has 0 bridgehead atoms. The molecule has 0 radical (unpaired) electrons. The number of benzene rings is 3. The summed E-state index contributed by atoms with van der Waals surface area (Å²) in [7, 11) is 0. The molecule has 0 saturated heterocycles. The van der Waals surface area contributed by atoms with E-state index in [1.165, 1.54) is 4.57 Å². The highest BCUT2D eigenvalue weighted by Gasteiger charge is 2.19. The van der Waals surface area contributed by atoms with Crippen molar-refractivity contribution in [1.82, 2.24) is 9.55 Å². The third-order valence-corrected chi connectivity index (χ3v) is 4.21. The summed E-state index contributed by atoms with van der Waals surface area (Å²) in [5.74, 6) is 0.702. The fourth-order valence-electron chi connectivity index (χ4n) is 3.01. The van der Waals surface area contributed by atoms with Crippen LogP contribution in [-0.2, 0) is 4.74 Å². The molecule has 0 saturated carbocycles. The van der Waals surface area contributed by atoms with E-state index in [0.717, 1.165) is 10.8 Å². The quantitative estimate of drug-likeness (QED) is 0.404. The minimum Gasteiger partial charge on any atom is -0.450 e. The lowest BCUT2D eigenvalue weighted by Gasteiger charge is -2.13. The average Bonchev–Trinajstić information content (AvgIpc) is 3.06. The van der Waals surface area contributed by atoms with E-state index in [1.807, 2.05) is 48.5 Å². The van der Waals surface area contributed by atoms with Crippen molar-refractivity contribution in [3.05, 3.63) is 66.7 Å². The standard InChI is InChI=1S/C21H18N4O3/c1-2-27-21(26)24-20-23-16-11-5-6-12-17(16)25(20)19(22)28-18-13-7-9-14-8-3-4-10-15(14)18/h3-13,22H,2H2,1H3,(H,23,24,26). The molecule has 2 N–H and O–H groups in total. The molecule has 0 aliphatic carbocycles. The fraction of sp³-hybridized carbons (Fsp3) is 0.0952.